The van der Waals surface area contributed by atoms with E-state index in [1.807, 2.05) is 6.92 Å². The van der Waals surface area contributed by atoms with E-state index in [9.17, 15) is 23.1 Å². The first kappa shape index (κ1) is 20.8. The molecule has 0 fully saturated rings. The molecule has 0 aliphatic rings. The van der Waals surface area contributed by atoms with E-state index in [1.165, 1.54) is 28.8 Å². The summed E-state index contributed by atoms with van der Waals surface area (Å²) >= 11 is -0.244. The van der Waals surface area contributed by atoms with Crippen molar-refractivity contribution in [1.29, 1.82) is 0 Å². The largest absolute Gasteiger partial charge is 0.493 e. The van der Waals surface area contributed by atoms with Gasteiger partial charge >= 0.3 is 11.2 Å². The van der Waals surface area contributed by atoms with E-state index in [-0.39, 0.29) is 34.8 Å². The number of aromatic nitrogens is 3. The quantitative estimate of drug-likeness (QED) is 0.602. The highest BCUT2D eigenvalue weighted by Gasteiger charge is 2.29. The maximum Gasteiger partial charge on any atom is 0.446 e. The highest BCUT2D eigenvalue weighted by Crippen LogP contribution is 2.37. The second-order valence-corrected chi connectivity index (χ2v) is 7.23. The van der Waals surface area contributed by atoms with Crippen molar-refractivity contribution in [3.63, 3.8) is 0 Å². The molecule has 6 nitrogen and oxygen atoms in total. The first-order valence-corrected chi connectivity index (χ1v) is 9.46. The van der Waals surface area contributed by atoms with Crippen molar-refractivity contribution in [2.24, 2.45) is 0 Å². The minimum Gasteiger partial charge on any atom is -0.493 e. The van der Waals surface area contributed by atoms with E-state index in [0.29, 0.717) is 18.2 Å². The lowest BCUT2D eigenvalue weighted by atomic mass is 10.2. The van der Waals surface area contributed by atoms with Crippen LogP contribution in [0, 0.1) is 6.92 Å². The summed E-state index contributed by atoms with van der Waals surface area (Å²) in [6, 6.07) is 8.66. The maximum absolute atomic E-state index is 12.9. The maximum atomic E-state index is 12.9. The summed E-state index contributed by atoms with van der Waals surface area (Å²) in [5.74, 6) is 0.155. The molecule has 1 aromatic carbocycles. The van der Waals surface area contributed by atoms with Crippen LogP contribution in [0.25, 0.3) is 5.69 Å². The molecule has 0 bridgehead atoms. The van der Waals surface area contributed by atoms with Crippen LogP contribution in [0.2, 0.25) is 0 Å². The molecule has 3 aromatic rings. The number of halogens is 3. The molecule has 0 unspecified atom stereocenters. The molecule has 0 aliphatic heterocycles. The summed E-state index contributed by atoms with van der Waals surface area (Å²) in [5, 5.41) is 10.4. The van der Waals surface area contributed by atoms with E-state index < -0.39 is 11.2 Å². The van der Waals surface area contributed by atoms with Crippen LogP contribution in [-0.4, -0.2) is 31.3 Å². The van der Waals surface area contributed by atoms with Gasteiger partial charge in [0.2, 0.25) is 11.8 Å². The summed E-state index contributed by atoms with van der Waals surface area (Å²) in [5.41, 5.74) is -3.55. The van der Waals surface area contributed by atoms with Gasteiger partial charge in [0.25, 0.3) is 0 Å². The Labute approximate surface area is 168 Å². The fraction of sp³-hybridized carbons (Fsp3) is 0.263. The fourth-order valence-corrected chi connectivity index (χ4v) is 3.35. The average molecular weight is 425 g/mol. The first-order valence-electron chi connectivity index (χ1n) is 8.64. The number of alkyl halides is 3. The molecule has 0 radical (unpaired) electrons. The van der Waals surface area contributed by atoms with Gasteiger partial charge in [0, 0.05) is 17.2 Å². The number of benzene rings is 1. The van der Waals surface area contributed by atoms with Crippen molar-refractivity contribution in [1.82, 2.24) is 14.1 Å². The van der Waals surface area contributed by atoms with Gasteiger partial charge in [-0.15, -0.1) is 0 Å². The highest BCUT2D eigenvalue weighted by molar-refractivity contribution is 8.00. The Bertz CT molecular complexity index is 1060. The van der Waals surface area contributed by atoms with Crippen LogP contribution in [0.1, 0.15) is 18.2 Å². The van der Waals surface area contributed by atoms with Crippen LogP contribution in [0.5, 0.6) is 11.8 Å². The lowest BCUT2D eigenvalue weighted by Gasteiger charge is -2.07. The van der Waals surface area contributed by atoms with Gasteiger partial charge in [0.05, 0.1) is 24.5 Å². The van der Waals surface area contributed by atoms with E-state index in [0.717, 1.165) is 10.1 Å². The smallest absolute Gasteiger partial charge is 0.446 e. The van der Waals surface area contributed by atoms with Crippen LogP contribution in [0.15, 0.2) is 52.3 Å². The van der Waals surface area contributed by atoms with Crippen molar-refractivity contribution >= 4 is 11.8 Å². The minimum atomic E-state index is -4.40. The zero-order valence-electron chi connectivity index (χ0n) is 15.6. The van der Waals surface area contributed by atoms with Crippen LogP contribution >= 0.6 is 11.8 Å². The molecule has 3 rings (SSSR count). The van der Waals surface area contributed by atoms with E-state index in [4.69, 9.17) is 4.74 Å². The number of nitrogens with zero attached hydrogens (tertiary/aromatic N) is 3. The Morgan fingerprint density at radius 2 is 1.90 bits per heavy atom. The molecular formula is C19H18F3N3O3S. The molecule has 0 atom stereocenters. The SMILES string of the molecule is CCOc1cc(Cn2c(C)c(O)n(-c3ccc(SC(F)(F)F)cc3)c2=O)ccn1. The van der Waals surface area contributed by atoms with Crippen LogP contribution in [0.3, 0.4) is 0 Å². The zero-order chi connectivity index (χ0) is 21.2. The molecule has 0 spiro atoms. The number of thioether (sulfide) groups is 1. The number of hydrogen-bond acceptors (Lipinski definition) is 5. The number of ether oxygens (including phenoxy) is 1. The Kier molecular flexibility index (Phi) is 5.92. The van der Waals surface area contributed by atoms with Crippen molar-refractivity contribution in [3.05, 3.63) is 64.3 Å². The topological polar surface area (TPSA) is 69.3 Å². The van der Waals surface area contributed by atoms with E-state index in [2.05, 4.69) is 4.98 Å². The third kappa shape index (κ3) is 4.76. The summed E-state index contributed by atoms with van der Waals surface area (Å²) in [6.45, 7) is 4.05. The van der Waals surface area contributed by atoms with Crippen molar-refractivity contribution < 1.29 is 23.0 Å². The molecule has 29 heavy (non-hydrogen) atoms. The van der Waals surface area contributed by atoms with Gasteiger partial charge < -0.3 is 9.84 Å². The molecule has 1 N–H and O–H groups in total. The fourth-order valence-electron chi connectivity index (χ4n) is 2.81. The molecule has 154 valence electrons. The second kappa shape index (κ2) is 8.24. The molecule has 0 saturated carbocycles. The van der Waals surface area contributed by atoms with Crippen LogP contribution in [0.4, 0.5) is 13.2 Å². The second-order valence-electron chi connectivity index (χ2n) is 6.09. The molecule has 0 aliphatic carbocycles. The van der Waals surface area contributed by atoms with Gasteiger partial charge in [-0.3, -0.25) is 4.57 Å². The van der Waals surface area contributed by atoms with Gasteiger partial charge in [-0.25, -0.2) is 14.3 Å². The normalized spacial score (nSPS) is 11.6. The van der Waals surface area contributed by atoms with E-state index >= 15 is 0 Å². The monoisotopic (exact) mass is 425 g/mol. The molecule has 0 amide bonds. The summed E-state index contributed by atoms with van der Waals surface area (Å²) in [7, 11) is 0. The molecular weight excluding hydrogens is 407 g/mol. The number of aromatic hydroxyl groups is 1. The third-order valence-corrected chi connectivity index (χ3v) is 4.86. The van der Waals surface area contributed by atoms with Gasteiger partial charge in [0.1, 0.15) is 0 Å². The minimum absolute atomic E-state index is 0.00909. The van der Waals surface area contributed by atoms with E-state index in [1.54, 1.807) is 25.3 Å². The van der Waals surface area contributed by atoms with Gasteiger partial charge in [0.15, 0.2) is 0 Å². The first-order chi connectivity index (χ1) is 13.7. The number of imidazole rings is 1. The van der Waals surface area contributed by atoms with Crippen molar-refractivity contribution in [3.8, 4) is 17.4 Å². The number of hydrogen-bond donors (Lipinski definition) is 1. The van der Waals surface area contributed by atoms with Gasteiger partial charge in [-0.1, -0.05) is 0 Å². The average Bonchev–Trinajstić information content (AvgIpc) is 2.85. The Morgan fingerprint density at radius 3 is 2.52 bits per heavy atom. The van der Waals surface area contributed by atoms with Gasteiger partial charge in [-0.05, 0) is 61.5 Å². The lowest BCUT2D eigenvalue weighted by Crippen LogP contribution is -2.24. The summed E-state index contributed by atoms with van der Waals surface area (Å²) < 4.78 is 45.2. The summed E-state index contributed by atoms with van der Waals surface area (Å²) in [6.07, 6.45) is 1.56. The summed E-state index contributed by atoms with van der Waals surface area (Å²) in [4.78, 5) is 16.9. The van der Waals surface area contributed by atoms with Crippen LogP contribution in [-0.2, 0) is 6.54 Å². The van der Waals surface area contributed by atoms with Crippen molar-refractivity contribution in [2.45, 2.75) is 30.8 Å². The lowest BCUT2D eigenvalue weighted by molar-refractivity contribution is -0.0328. The predicted molar refractivity (Wildman–Crippen MR) is 103 cm³/mol. The van der Waals surface area contributed by atoms with Gasteiger partial charge in [-0.2, -0.15) is 13.2 Å². The predicted octanol–water partition coefficient (Wildman–Crippen LogP) is 4.11. The van der Waals surface area contributed by atoms with Crippen molar-refractivity contribution in [2.75, 3.05) is 6.61 Å². The number of pyridine rings is 1. The molecule has 2 aromatic heterocycles. The molecule has 0 saturated heterocycles. The Balaban J connectivity index is 1.93. The number of rotatable bonds is 6. The Hall–Kier alpha value is -2.88. The van der Waals surface area contributed by atoms with Crippen LogP contribution < -0.4 is 10.4 Å². The molecule has 2 heterocycles. The third-order valence-electron chi connectivity index (χ3n) is 4.12. The Morgan fingerprint density at radius 1 is 1.21 bits per heavy atom. The zero-order valence-corrected chi connectivity index (χ0v) is 16.4. The highest BCUT2D eigenvalue weighted by atomic mass is 32.2. The molecule has 10 heteroatoms. The standard InChI is InChI=1S/C19H18F3N3O3S/c1-3-28-16-10-13(8-9-23-16)11-24-12(2)17(26)25(18(24)27)14-4-6-15(7-5-14)29-19(20,21)22/h4-10,26H,3,11H2,1-2H3.